The molecule has 2 aromatic carbocycles. The van der Waals surface area contributed by atoms with Crippen molar-refractivity contribution in [3.8, 4) is 16.9 Å². The van der Waals surface area contributed by atoms with Gasteiger partial charge in [-0.1, -0.05) is 75.6 Å². The number of rotatable bonds is 20. The largest absolute Gasteiger partial charge is 0.491 e. The zero-order valence-electron chi connectivity index (χ0n) is 25.2. The smallest absolute Gasteiger partial charge is 0.333 e. The molecule has 6 heteroatoms. The molecule has 0 amide bonds. The Bertz CT molecular complexity index is 992. The number of carbonyl (C=O) groups excluding carboxylic acids is 1. The van der Waals surface area contributed by atoms with Crippen molar-refractivity contribution in [3.63, 3.8) is 0 Å². The summed E-state index contributed by atoms with van der Waals surface area (Å²) in [5.41, 5.74) is 4.33. The maximum Gasteiger partial charge on any atom is 0.333 e. The summed E-state index contributed by atoms with van der Waals surface area (Å²) in [6, 6.07) is 17.5. The van der Waals surface area contributed by atoms with Gasteiger partial charge in [-0.05, 0) is 73.3 Å². The summed E-state index contributed by atoms with van der Waals surface area (Å²) in [7, 11) is 0. The molecule has 41 heavy (non-hydrogen) atoms. The highest BCUT2D eigenvalue weighted by atomic mass is 16.6. The minimum Gasteiger partial charge on any atom is -0.491 e. The number of esters is 1. The normalized spacial score (nSPS) is 16.8. The Morgan fingerprint density at radius 3 is 1.83 bits per heavy atom. The van der Waals surface area contributed by atoms with Crippen molar-refractivity contribution in [1.29, 1.82) is 0 Å². The number of hydrogen-bond donors (Lipinski definition) is 0. The van der Waals surface area contributed by atoms with Crippen molar-refractivity contribution in [3.05, 3.63) is 66.2 Å². The van der Waals surface area contributed by atoms with Gasteiger partial charge >= 0.3 is 5.97 Å². The predicted molar refractivity (Wildman–Crippen MR) is 164 cm³/mol. The van der Waals surface area contributed by atoms with E-state index in [1.807, 2.05) is 12.1 Å². The number of carbonyl (C=O) groups is 1. The summed E-state index contributed by atoms with van der Waals surface area (Å²) in [6.07, 6.45) is 11.0. The third-order valence-corrected chi connectivity index (χ3v) is 7.68. The van der Waals surface area contributed by atoms with Gasteiger partial charge in [0.25, 0.3) is 0 Å². The predicted octanol–water partition coefficient (Wildman–Crippen LogP) is 7.76. The van der Waals surface area contributed by atoms with Crippen LogP contribution >= 0.6 is 0 Å². The molecule has 6 nitrogen and oxygen atoms in total. The van der Waals surface area contributed by atoms with E-state index in [0.29, 0.717) is 51.8 Å². The molecule has 1 aliphatic rings. The summed E-state index contributed by atoms with van der Waals surface area (Å²) in [6.45, 7) is 10.8. The van der Waals surface area contributed by atoms with E-state index in [9.17, 15) is 4.79 Å². The quantitative estimate of drug-likeness (QED) is 0.0927. The highest BCUT2D eigenvalue weighted by Gasteiger charge is 2.22. The van der Waals surface area contributed by atoms with E-state index in [2.05, 4.69) is 49.9 Å². The van der Waals surface area contributed by atoms with Crippen LogP contribution in [0.5, 0.6) is 5.75 Å². The van der Waals surface area contributed by atoms with Gasteiger partial charge in [-0.15, -0.1) is 0 Å². The number of unbranched alkanes of at least 4 members (excludes halogenated alkanes) is 2. The van der Waals surface area contributed by atoms with Gasteiger partial charge < -0.3 is 23.7 Å². The average molecular weight is 567 g/mol. The van der Waals surface area contributed by atoms with E-state index < -0.39 is 5.97 Å². The van der Waals surface area contributed by atoms with E-state index in [1.165, 1.54) is 68.1 Å². The summed E-state index contributed by atoms with van der Waals surface area (Å²) in [4.78, 5) is 11.2. The maximum absolute atomic E-state index is 11.2. The van der Waals surface area contributed by atoms with Crippen LogP contribution in [0, 0.1) is 5.92 Å². The van der Waals surface area contributed by atoms with Gasteiger partial charge in [0, 0.05) is 5.57 Å². The first-order valence-electron chi connectivity index (χ1n) is 15.5. The standard InChI is InChI=1S/C35H50O6/c1-4-5-6-7-29-8-10-30(11-9-29)31-12-14-32(15-13-31)33-16-18-34(19-17-33)40-26-24-38-22-20-37-21-23-39-25-27-41-35(36)28(2)3/h12-19,29-30H,2,4-11,20-27H2,1,3H3. The van der Waals surface area contributed by atoms with Crippen LogP contribution in [0.3, 0.4) is 0 Å². The Kier molecular flexibility index (Phi) is 15.6. The highest BCUT2D eigenvalue weighted by molar-refractivity contribution is 5.86. The van der Waals surface area contributed by atoms with Crippen molar-refractivity contribution in [2.45, 2.75) is 71.1 Å². The zero-order chi connectivity index (χ0) is 29.1. The van der Waals surface area contributed by atoms with Crippen molar-refractivity contribution in [2.24, 2.45) is 5.92 Å². The zero-order valence-corrected chi connectivity index (χ0v) is 25.2. The Hall–Kier alpha value is -2.67. The Balaban J connectivity index is 1.22. The molecule has 0 aliphatic heterocycles. The highest BCUT2D eigenvalue weighted by Crippen LogP contribution is 2.38. The van der Waals surface area contributed by atoms with Gasteiger partial charge in [0.1, 0.15) is 19.0 Å². The monoisotopic (exact) mass is 566 g/mol. The van der Waals surface area contributed by atoms with Gasteiger partial charge in [-0.2, -0.15) is 0 Å². The van der Waals surface area contributed by atoms with E-state index in [-0.39, 0.29) is 6.61 Å². The van der Waals surface area contributed by atoms with Gasteiger partial charge in [-0.25, -0.2) is 4.79 Å². The van der Waals surface area contributed by atoms with Gasteiger partial charge in [0.15, 0.2) is 0 Å². The molecule has 0 unspecified atom stereocenters. The molecule has 3 rings (SSSR count). The summed E-state index contributed by atoms with van der Waals surface area (Å²) < 4.78 is 27.2. The number of ether oxygens (including phenoxy) is 5. The minimum absolute atomic E-state index is 0.213. The molecule has 0 heterocycles. The topological polar surface area (TPSA) is 63.2 Å². The van der Waals surface area contributed by atoms with Crippen molar-refractivity contribution < 1.29 is 28.5 Å². The molecule has 0 N–H and O–H groups in total. The molecule has 1 fully saturated rings. The first-order chi connectivity index (χ1) is 20.1. The van der Waals surface area contributed by atoms with Crippen LogP contribution in [0.15, 0.2) is 60.7 Å². The third kappa shape index (κ3) is 12.8. The second-order valence-corrected chi connectivity index (χ2v) is 11.0. The fraction of sp³-hybridized carbons (Fsp3) is 0.571. The lowest BCUT2D eigenvalue weighted by Gasteiger charge is -2.29. The van der Waals surface area contributed by atoms with Crippen molar-refractivity contribution >= 4 is 5.97 Å². The molecule has 0 bridgehead atoms. The van der Waals surface area contributed by atoms with Crippen LogP contribution < -0.4 is 4.74 Å². The minimum atomic E-state index is -0.399. The fourth-order valence-corrected chi connectivity index (χ4v) is 5.24. The van der Waals surface area contributed by atoms with Crippen LogP contribution in [-0.2, 0) is 23.7 Å². The number of benzene rings is 2. The molecule has 0 atom stereocenters. The molecule has 0 saturated heterocycles. The lowest BCUT2D eigenvalue weighted by atomic mass is 9.77. The molecule has 0 spiro atoms. The average Bonchev–Trinajstić information content (AvgIpc) is 3.00. The van der Waals surface area contributed by atoms with Crippen LogP contribution in [0.1, 0.15) is 76.7 Å². The molecule has 226 valence electrons. The Labute approximate surface area is 247 Å². The molecule has 0 radical (unpaired) electrons. The molecular weight excluding hydrogens is 516 g/mol. The fourth-order valence-electron chi connectivity index (χ4n) is 5.24. The van der Waals surface area contributed by atoms with Crippen LogP contribution in [0.2, 0.25) is 0 Å². The van der Waals surface area contributed by atoms with Crippen LogP contribution in [0.25, 0.3) is 11.1 Å². The van der Waals surface area contributed by atoms with Crippen molar-refractivity contribution in [2.75, 3.05) is 52.9 Å². The summed E-state index contributed by atoms with van der Waals surface area (Å²) in [5.74, 6) is 2.12. The first-order valence-corrected chi connectivity index (χ1v) is 15.5. The Morgan fingerprint density at radius 1 is 0.732 bits per heavy atom. The van der Waals surface area contributed by atoms with Crippen LogP contribution in [0.4, 0.5) is 0 Å². The van der Waals surface area contributed by atoms with Crippen molar-refractivity contribution in [1.82, 2.24) is 0 Å². The van der Waals surface area contributed by atoms with Gasteiger partial charge in [0.2, 0.25) is 0 Å². The molecular formula is C35H50O6. The summed E-state index contributed by atoms with van der Waals surface area (Å²) >= 11 is 0. The van der Waals surface area contributed by atoms with Gasteiger partial charge in [-0.3, -0.25) is 0 Å². The lowest BCUT2D eigenvalue weighted by molar-refractivity contribution is -0.140. The number of hydrogen-bond acceptors (Lipinski definition) is 6. The summed E-state index contributed by atoms with van der Waals surface area (Å²) in [5, 5.41) is 0. The second kappa shape index (κ2) is 19.5. The SMILES string of the molecule is C=C(C)C(=O)OCCOCCOCCOCCOc1ccc(-c2ccc(C3CCC(CCCCC)CC3)cc2)cc1. The lowest BCUT2D eigenvalue weighted by Crippen LogP contribution is -2.15. The molecule has 2 aromatic rings. The first kappa shape index (κ1) is 32.8. The molecule has 1 aliphatic carbocycles. The van der Waals surface area contributed by atoms with Gasteiger partial charge in [0.05, 0.1) is 39.6 Å². The maximum atomic E-state index is 11.2. The van der Waals surface area contributed by atoms with Crippen LogP contribution in [-0.4, -0.2) is 58.8 Å². The van der Waals surface area contributed by atoms with E-state index >= 15 is 0 Å². The van der Waals surface area contributed by atoms with E-state index in [1.54, 1.807) is 6.92 Å². The second-order valence-electron chi connectivity index (χ2n) is 11.0. The Morgan fingerprint density at radius 2 is 1.27 bits per heavy atom. The third-order valence-electron chi connectivity index (χ3n) is 7.68. The van der Waals surface area contributed by atoms with E-state index in [0.717, 1.165) is 17.6 Å². The molecule has 0 aromatic heterocycles. The molecule has 1 saturated carbocycles. The van der Waals surface area contributed by atoms with E-state index in [4.69, 9.17) is 23.7 Å².